The van der Waals surface area contributed by atoms with E-state index in [1.807, 2.05) is 0 Å². The third kappa shape index (κ3) is 5.71. The van der Waals surface area contributed by atoms with Crippen LogP contribution in [0.5, 0.6) is 0 Å². The molecule has 1 unspecified atom stereocenters. The van der Waals surface area contributed by atoms with Crippen molar-refractivity contribution in [3.8, 4) is 0 Å². The lowest BCUT2D eigenvalue weighted by atomic mass is 10.2. The highest BCUT2D eigenvalue weighted by Crippen LogP contribution is 2.16. The number of benzene rings is 1. The fourth-order valence-corrected chi connectivity index (χ4v) is 2.72. The Morgan fingerprint density at radius 2 is 2.11 bits per heavy atom. The molecule has 0 aliphatic rings. The normalized spacial score (nSPS) is 12.9. The maximum Gasteiger partial charge on any atom is 0.261 e. The Morgan fingerprint density at radius 3 is 2.68 bits per heavy atom. The predicted molar refractivity (Wildman–Crippen MR) is 75.4 cm³/mol. The number of amides is 1. The maximum absolute atomic E-state index is 11.7. The van der Waals surface area contributed by atoms with Gasteiger partial charge in [0.1, 0.15) is 0 Å². The van der Waals surface area contributed by atoms with Crippen LogP contribution in [0.4, 0.5) is 0 Å². The molecule has 0 aliphatic carbocycles. The van der Waals surface area contributed by atoms with E-state index in [0.29, 0.717) is 18.7 Å². The molecule has 0 aliphatic heterocycles. The average molecular weight is 324 g/mol. The fourth-order valence-electron chi connectivity index (χ4n) is 1.37. The molecule has 0 fully saturated rings. The molecule has 0 bridgehead atoms. The highest BCUT2D eigenvalue weighted by atomic mass is 35.7. The minimum Gasteiger partial charge on any atom is -0.352 e. The Kier molecular flexibility index (Phi) is 5.96. The van der Waals surface area contributed by atoms with Gasteiger partial charge in [0.15, 0.2) is 0 Å². The van der Waals surface area contributed by atoms with Crippen LogP contribution in [-0.4, -0.2) is 37.1 Å². The average Bonchev–Trinajstić information content (AvgIpc) is 2.33. The monoisotopic (exact) mass is 323 g/mol. The van der Waals surface area contributed by atoms with Crippen LogP contribution in [0, 0.1) is 0 Å². The highest BCUT2D eigenvalue weighted by molar-refractivity contribution is 8.13. The van der Waals surface area contributed by atoms with Crippen molar-refractivity contribution >= 4 is 36.4 Å². The first-order valence-corrected chi connectivity index (χ1v) is 9.47. The molecule has 0 saturated carbocycles. The van der Waals surface area contributed by atoms with E-state index in [-0.39, 0.29) is 16.4 Å². The second-order valence-electron chi connectivity index (χ2n) is 3.85. The maximum atomic E-state index is 11.7. The molecule has 0 aromatic heterocycles. The van der Waals surface area contributed by atoms with Gasteiger partial charge in [0, 0.05) is 45.6 Å². The van der Waals surface area contributed by atoms with Crippen LogP contribution < -0.4 is 5.32 Å². The third-order valence-corrected chi connectivity index (χ3v) is 4.49. The first-order chi connectivity index (χ1) is 8.80. The number of halogens is 1. The van der Waals surface area contributed by atoms with Crippen LogP contribution >= 0.6 is 10.7 Å². The van der Waals surface area contributed by atoms with E-state index in [1.54, 1.807) is 6.26 Å². The quantitative estimate of drug-likeness (QED) is 0.628. The van der Waals surface area contributed by atoms with Crippen LogP contribution in [0.1, 0.15) is 16.8 Å². The minimum atomic E-state index is -3.84. The summed E-state index contributed by atoms with van der Waals surface area (Å²) >= 11 is 0. The molecule has 1 amide bonds. The van der Waals surface area contributed by atoms with E-state index in [4.69, 9.17) is 10.7 Å². The molecule has 106 valence electrons. The smallest absolute Gasteiger partial charge is 0.261 e. The topological polar surface area (TPSA) is 80.3 Å². The third-order valence-electron chi connectivity index (χ3n) is 2.27. The van der Waals surface area contributed by atoms with Crippen LogP contribution in [0.3, 0.4) is 0 Å². The largest absolute Gasteiger partial charge is 0.352 e. The van der Waals surface area contributed by atoms with Crippen molar-refractivity contribution in [2.24, 2.45) is 0 Å². The van der Waals surface area contributed by atoms with Crippen molar-refractivity contribution in [2.75, 3.05) is 18.6 Å². The summed E-state index contributed by atoms with van der Waals surface area (Å²) in [4.78, 5) is 11.6. The Bertz CT molecular complexity index is 586. The molecule has 8 heteroatoms. The van der Waals surface area contributed by atoms with Crippen molar-refractivity contribution in [3.05, 3.63) is 29.8 Å². The number of nitrogens with one attached hydrogen (secondary N) is 1. The molecule has 1 N–H and O–H groups in total. The summed E-state index contributed by atoms with van der Waals surface area (Å²) < 4.78 is 33.1. The van der Waals surface area contributed by atoms with Crippen LogP contribution in [-0.2, 0) is 19.9 Å². The van der Waals surface area contributed by atoms with Gasteiger partial charge in [0.05, 0.1) is 4.90 Å². The summed E-state index contributed by atoms with van der Waals surface area (Å²) in [6.45, 7) is 0.385. The van der Waals surface area contributed by atoms with Gasteiger partial charge in [-0.1, -0.05) is 6.07 Å². The lowest BCUT2D eigenvalue weighted by molar-refractivity contribution is 0.0953. The van der Waals surface area contributed by atoms with Crippen LogP contribution in [0.15, 0.2) is 29.2 Å². The summed E-state index contributed by atoms with van der Waals surface area (Å²) in [5, 5.41) is 2.62. The van der Waals surface area contributed by atoms with E-state index in [0.717, 1.165) is 0 Å². The van der Waals surface area contributed by atoms with Crippen LogP contribution in [0.25, 0.3) is 0 Å². The molecule has 1 rings (SSSR count). The summed E-state index contributed by atoms with van der Waals surface area (Å²) in [5.74, 6) is 0.125. The van der Waals surface area contributed by atoms with E-state index in [1.165, 1.54) is 24.3 Å². The predicted octanol–water partition coefficient (Wildman–Crippen LogP) is 1.11. The molecule has 0 radical (unpaired) electrons. The summed E-state index contributed by atoms with van der Waals surface area (Å²) in [5.41, 5.74) is 0.222. The first kappa shape index (κ1) is 16.1. The molecule has 5 nitrogen and oxygen atoms in total. The summed E-state index contributed by atoms with van der Waals surface area (Å²) in [6, 6.07) is 5.49. The molecule has 0 heterocycles. The van der Waals surface area contributed by atoms with Crippen molar-refractivity contribution < 1.29 is 17.4 Å². The van der Waals surface area contributed by atoms with Gasteiger partial charge in [0.25, 0.3) is 15.0 Å². The van der Waals surface area contributed by atoms with Crippen molar-refractivity contribution in [1.82, 2.24) is 5.32 Å². The SMILES string of the molecule is CS(=O)CCCNC(=O)c1cccc(S(=O)(=O)Cl)c1. The van der Waals surface area contributed by atoms with Crippen molar-refractivity contribution in [1.29, 1.82) is 0 Å². The van der Waals surface area contributed by atoms with Gasteiger partial charge in [-0.25, -0.2) is 8.42 Å². The summed E-state index contributed by atoms with van der Waals surface area (Å²) in [6.07, 6.45) is 2.19. The molecule has 0 saturated heterocycles. The lowest BCUT2D eigenvalue weighted by Crippen LogP contribution is -2.25. The zero-order chi connectivity index (χ0) is 14.5. The molecular weight excluding hydrogens is 310 g/mol. The highest BCUT2D eigenvalue weighted by Gasteiger charge is 2.13. The molecule has 19 heavy (non-hydrogen) atoms. The van der Waals surface area contributed by atoms with E-state index in [9.17, 15) is 17.4 Å². The Balaban J connectivity index is 2.65. The second-order valence-corrected chi connectivity index (χ2v) is 7.97. The second kappa shape index (κ2) is 7.02. The van der Waals surface area contributed by atoms with Gasteiger partial charge in [-0.3, -0.25) is 9.00 Å². The van der Waals surface area contributed by atoms with Gasteiger partial charge in [-0.15, -0.1) is 0 Å². The van der Waals surface area contributed by atoms with Gasteiger partial charge >= 0.3 is 0 Å². The molecule has 0 spiro atoms. The first-order valence-electron chi connectivity index (χ1n) is 5.43. The van der Waals surface area contributed by atoms with Crippen LogP contribution in [0.2, 0.25) is 0 Å². The minimum absolute atomic E-state index is 0.114. The molecule has 1 aromatic rings. The van der Waals surface area contributed by atoms with Gasteiger partial charge in [-0.2, -0.15) is 0 Å². The summed E-state index contributed by atoms with van der Waals surface area (Å²) in [7, 11) is 0.472. The van der Waals surface area contributed by atoms with E-state index < -0.39 is 19.9 Å². The van der Waals surface area contributed by atoms with E-state index in [2.05, 4.69) is 5.32 Å². The van der Waals surface area contributed by atoms with E-state index >= 15 is 0 Å². The van der Waals surface area contributed by atoms with Gasteiger partial charge < -0.3 is 5.32 Å². The number of hydrogen-bond acceptors (Lipinski definition) is 4. The zero-order valence-corrected chi connectivity index (χ0v) is 12.6. The van der Waals surface area contributed by atoms with Gasteiger partial charge in [-0.05, 0) is 24.6 Å². The number of rotatable bonds is 6. The Hall–Kier alpha value is -0.920. The number of carbonyl (C=O) groups is 1. The molecule has 1 atom stereocenters. The lowest BCUT2D eigenvalue weighted by Gasteiger charge is -2.05. The zero-order valence-electron chi connectivity index (χ0n) is 10.3. The van der Waals surface area contributed by atoms with Crippen molar-refractivity contribution in [3.63, 3.8) is 0 Å². The standard InChI is InChI=1S/C11H14ClNO4S2/c1-18(15)7-3-6-13-11(14)9-4-2-5-10(8-9)19(12,16)17/h2,4-5,8H,3,6-7H2,1H3,(H,13,14). The number of hydrogen-bond donors (Lipinski definition) is 1. The Labute approximate surface area is 119 Å². The Morgan fingerprint density at radius 1 is 1.42 bits per heavy atom. The van der Waals surface area contributed by atoms with Crippen molar-refractivity contribution in [2.45, 2.75) is 11.3 Å². The van der Waals surface area contributed by atoms with Gasteiger partial charge in [0.2, 0.25) is 0 Å². The molecular formula is C11H14ClNO4S2. The fraction of sp³-hybridized carbons (Fsp3) is 0.364. The number of carbonyl (C=O) groups excluding carboxylic acids is 1. The molecule has 1 aromatic carbocycles.